The molecule has 0 atom stereocenters. The minimum atomic E-state index is -0.682. The van der Waals surface area contributed by atoms with Crippen LogP contribution in [0, 0.1) is 13.8 Å². The fourth-order valence-corrected chi connectivity index (χ4v) is 8.51. The van der Waals surface area contributed by atoms with Crippen molar-refractivity contribution in [2.24, 2.45) is 0 Å². The predicted molar refractivity (Wildman–Crippen MR) is 212 cm³/mol. The zero-order valence-corrected chi connectivity index (χ0v) is 32.7. The second-order valence-corrected chi connectivity index (χ2v) is 15.7. The Morgan fingerprint density at radius 1 is 0.696 bits per heavy atom. The summed E-state index contributed by atoms with van der Waals surface area (Å²) in [5, 5.41) is 21.3. The van der Waals surface area contributed by atoms with E-state index in [-0.39, 0.29) is 40.0 Å². The van der Waals surface area contributed by atoms with E-state index < -0.39 is 11.3 Å². The Balaban J connectivity index is 0.000000172. The van der Waals surface area contributed by atoms with Gasteiger partial charge in [-0.15, -0.1) is 22.7 Å². The molecular formula is C39H38N6O9S2. The van der Waals surface area contributed by atoms with Gasteiger partial charge in [-0.3, -0.25) is 14.4 Å². The molecule has 2 aromatic carbocycles. The maximum Gasteiger partial charge on any atom is 0.346 e. The summed E-state index contributed by atoms with van der Waals surface area (Å²) in [4.78, 5) is 79.8. The molecule has 2 saturated heterocycles. The van der Waals surface area contributed by atoms with Gasteiger partial charge in [0.05, 0.1) is 28.1 Å². The molecule has 2 fully saturated rings. The molecular weight excluding hydrogens is 761 g/mol. The summed E-state index contributed by atoms with van der Waals surface area (Å²) in [7, 11) is 4.06. The van der Waals surface area contributed by atoms with Gasteiger partial charge in [-0.05, 0) is 64.3 Å². The van der Waals surface area contributed by atoms with Crippen LogP contribution in [0.1, 0.15) is 41.1 Å². The number of carbonyl (C=O) groups is 3. The van der Waals surface area contributed by atoms with Gasteiger partial charge in [0.2, 0.25) is 0 Å². The lowest BCUT2D eigenvalue weighted by atomic mass is 10.1. The van der Waals surface area contributed by atoms with Crippen LogP contribution in [0.3, 0.4) is 0 Å². The first kappa shape index (κ1) is 38.5. The van der Waals surface area contributed by atoms with Gasteiger partial charge in [-0.25, -0.2) is 19.6 Å². The van der Waals surface area contributed by atoms with Crippen LogP contribution in [0.4, 0.5) is 0 Å². The second-order valence-electron chi connectivity index (χ2n) is 13.7. The van der Waals surface area contributed by atoms with E-state index in [9.17, 15) is 34.2 Å². The first-order valence-electron chi connectivity index (χ1n) is 17.7. The number of hydrogen-bond acceptors (Lipinski definition) is 15. The van der Waals surface area contributed by atoms with Crippen molar-refractivity contribution in [3.05, 3.63) is 90.0 Å². The number of rotatable bonds is 5. The summed E-state index contributed by atoms with van der Waals surface area (Å²) in [5.74, 6) is -0.353. The Morgan fingerprint density at radius 2 is 1.18 bits per heavy atom. The molecule has 2 amide bonds. The number of likely N-dealkylation sites (N-methyl/N-ethyl adjacent to an activating group) is 2. The van der Waals surface area contributed by atoms with E-state index in [0.717, 1.165) is 37.5 Å². The van der Waals surface area contributed by atoms with Crippen LogP contribution in [0.25, 0.3) is 43.1 Å². The predicted octanol–water partition coefficient (Wildman–Crippen LogP) is 4.45. The van der Waals surface area contributed by atoms with E-state index in [1.807, 2.05) is 19.0 Å². The van der Waals surface area contributed by atoms with E-state index in [1.165, 1.54) is 29.5 Å². The number of benzene rings is 2. The number of phenolic OH excluding ortho intramolecular Hbond substituents is 2. The van der Waals surface area contributed by atoms with Crippen molar-refractivity contribution in [3.63, 3.8) is 0 Å². The first-order valence-corrected chi connectivity index (χ1v) is 19.4. The maximum atomic E-state index is 12.9. The van der Waals surface area contributed by atoms with Crippen molar-refractivity contribution in [2.75, 3.05) is 66.5 Å². The molecule has 0 spiro atoms. The van der Waals surface area contributed by atoms with Crippen LogP contribution in [0.5, 0.6) is 11.5 Å². The van der Waals surface area contributed by atoms with Gasteiger partial charge in [0.15, 0.2) is 11.9 Å². The van der Waals surface area contributed by atoms with Crippen LogP contribution < -0.4 is 11.3 Å². The molecule has 56 heavy (non-hydrogen) atoms. The zero-order chi connectivity index (χ0) is 39.8. The average Bonchev–Trinajstić information content (AvgIpc) is 3.76. The Labute approximate surface area is 327 Å². The quantitative estimate of drug-likeness (QED) is 0.184. The summed E-state index contributed by atoms with van der Waals surface area (Å²) in [6, 6.07) is 10.8. The lowest BCUT2D eigenvalue weighted by Crippen LogP contribution is -2.47. The van der Waals surface area contributed by atoms with Crippen molar-refractivity contribution in [1.29, 1.82) is 0 Å². The average molecular weight is 799 g/mol. The number of aryl methyl sites for hydroxylation is 2. The van der Waals surface area contributed by atoms with Crippen molar-refractivity contribution in [3.8, 4) is 32.6 Å². The molecule has 0 saturated carbocycles. The molecule has 0 radical (unpaired) electrons. The molecule has 290 valence electrons. The topological polar surface area (TPSA) is 191 Å². The van der Waals surface area contributed by atoms with Gasteiger partial charge in [-0.1, -0.05) is 0 Å². The molecule has 0 unspecified atom stereocenters. The molecule has 6 heterocycles. The van der Waals surface area contributed by atoms with Gasteiger partial charge in [-0.2, -0.15) is 0 Å². The number of nitrogens with zero attached hydrogens (tertiary/aromatic N) is 6. The highest BCUT2D eigenvalue weighted by molar-refractivity contribution is 7.17. The molecule has 15 nitrogen and oxygen atoms in total. The number of hydrogen-bond donors (Lipinski definition) is 2. The number of phenols is 2. The Morgan fingerprint density at radius 3 is 1.70 bits per heavy atom. The number of aromatic hydroxyl groups is 2. The third-order valence-corrected chi connectivity index (χ3v) is 12.1. The summed E-state index contributed by atoms with van der Waals surface area (Å²) < 4.78 is 10.6. The number of piperazine rings is 2. The molecule has 17 heteroatoms. The molecule has 2 aliphatic rings. The monoisotopic (exact) mass is 798 g/mol. The fraction of sp³-hybridized carbons (Fsp3) is 0.308. The number of carbonyl (C=O) groups excluding carboxylic acids is 3. The number of aldehydes is 1. The molecule has 6 aromatic rings. The standard InChI is InChI=1S/C20H19N3O5S.C19H19N3O4S/c1-11-17(19(26)23-7-5-22(2)6-8-23)29-18(21-11)13-9-12-3-4-15(25)14(10-24)16(12)28-20(13)27;1-11-16(18(24)22-7-5-21(2)6-8-22)27-17(20-11)14-9-12-3-4-13(23)10-15(12)26-19(14)25/h3-4,9-10,25H,5-8H2,1-2H3;3-4,9-10,23H,5-8H2,1-2H3. The summed E-state index contributed by atoms with van der Waals surface area (Å²) in [6.07, 6.45) is 0.445. The van der Waals surface area contributed by atoms with E-state index in [1.54, 1.807) is 43.0 Å². The molecule has 2 N–H and O–H groups in total. The summed E-state index contributed by atoms with van der Waals surface area (Å²) in [5.41, 5.74) is 0.744. The lowest BCUT2D eigenvalue weighted by Gasteiger charge is -2.32. The Hall–Kier alpha value is -5.75. The van der Waals surface area contributed by atoms with Crippen LogP contribution in [0.2, 0.25) is 0 Å². The minimum absolute atomic E-state index is 0.0239. The first-order chi connectivity index (χ1) is 26.8. The molecule has 0 bridgehead atoms. The number of amides is 2. The molecule has 2 aliphatic heterocycles. The van der Waals surface area contributed by atoms with Gasteiger partial charge < -0.3 is 38.6 Å². The van der Waals surface area contributed by atoms with Gasteiger partial charge in [0.25, 0.3) is 11.8 Å². The summed E-state index contributed by atoms with van der Waals surface area (Å²) in [6.45, 7) is 9.52. The zero-order valence-electron chi connectivity index (χ0n) is 31.0. The van der Waals surface area contributed by atoms with Gasteiger partial charge >= 0.3 is 11.3 Å². The fourth-order valence-electron chi connectivity index (χ4n) is 6.43. The Kier molecular flexibility index (Phi) is 10.9. The van der Waals surface area contributed by atoms with Gasteiger partial charge in [0.1, 0.15) is 36.9 Å². The van der Waals surface area contributed by atoms with Crippen LogP contribution in [-0.2, 0) is 0 Å². The number of aromatic nitrogens is 2. The molecule has 4 aromatic heterocycles. The van der Waals surface area contributed by atoms with E-state index >= 15 is 0 Å². The van der Waals surface area contributed by atoms with E-state index in [2.05, 4.69) is 19.8 Å². The van der Waals surface area contributed by atoms with Crippen LogP contribution in [-0.4, -0.2) is 124 Å². The number of fused-ring (bicyclic) bond motifs is 2. The van der Waals surface area contributed by atoms with Crippen molar-refractivity contribution in [1.82, 2.24) is 29.6 Å². The number of thiazole rings is 2. The van der Waals surface area contributed by atoms with Crippen molar-refractivity contribution >= 4 is 62.7 Å². The van der Waals surface area contributed by atoms with Crippen LogP contribution >= 0.6 is 22.7 Å². The van der Waals surface area contributed by atoms with E-state index in [4.69, 9.17) is 8.83 Å². The van der Waals surface area contributed by atoms with Crippen molar-refractivity contribution < 1.29 is 33.4 Å². The molecule has 8 rings (SSSR count). The van der Waals surface area contributed by atoms with Crippen molar-refractivity contribution in [2.45, 2.75) is 13.8 Å². The SMILES string of the molecule is Cc1nc(-c2cc3ccc(O)c(C=O)c3oc2=O)sc1C(=O)N1CCN(C)CC1.Cc1nc(-c2cc3ccc(O)cc3oc2=O)sc1C(=O)N1CCN(C)CC1. The smallest absolute Gasteiger partial charge is 0.346 e. The van der Waals surface area contributed by atoms with Crippen LogP contribution in [0.15, 0.2) is 60.9 Å². The largest absolute Gasteiger partial charge is 0.508 e. The highest BCUT2D eigenvalue weighted by Gasteiger charge is 2.27. The third kappa shape index (κ3) is 7.70. The highest BCUT2D eigenvalue weighted by Crippen LogP contribution is 2.32. The maximum absolute atomic E-state index is 12.9. The summed E-state index contributed by atoms with van der Waals surface area (Å²) >= 11 is 2.37. The second kappa shape index (κ2) is 15.8. The van der Waals surface area contributed by atoms with Gasteiger partial charge in [0, 0.05) is 69.2 Å². The Bertz CT molecular complexity index is 2610. The van der Waals surface area contributed by atoms with E-state index in [0.29, 0.717) is 85.5 Å². The lowest BCUT2D eigenvalue weighted by molar-refractivity contribution is 0.0661. The normalized spacial score (nSPS) is 15.2. The highest BCUT2D eigenvalue weighted by atomic mass is 32.1. The third-order valence-electron chi connectivity index (χ3n) is 9.78. The minimum Gasteiger partial charge on any atom is -0.508 e. The molecule has 0 aliphatic carbocycles.